The molecule has 1 heterocycles. The number of anilines is 1. The minimum atomic E-state index is -4.27. The average molecular weight is 348 g/mol. The van der Waals surface area contributed by atoms with Gasteiger partial charge in [-0.15, -0.1) is 11.3 Å². The second kappa shape index (κ2) is 6.51. The van der Waals surface area contributed by atoms with Gasteiger partial charge in [-0.25, -0.2) is 0 Å². The van der Waals surface area contributed by atoms with Crippen LogP contribution in [0, 0.1) is 25.7 Å². The number of hydrogen-bond acceptors (Lipinski definition) is 3. The molecule has 0 aliphatic heterocycles. The quantitative estimate of drug-likeness (QED) is 0.873. The summed E-state index contributed by atoms with van der Waals surface area (Å²) in [6.07, 6.45) is -3.61. The maximum Gasteiger partial charge on any atom is 0.391 e. The van der Waals surface area contributed by atoms with Gasteiger partial charge in [0, 0.05) is 10.8 Å². The number of primary amides is 1. The van der Waals surface area contributed by atoms with Crippen LogP contribution < -0.4 is 11.1 Å². The number of nitrogens with one attached hydrogen (secondary N) is 1. The number of alkyl halides is 3. The highest BCUT2D eigenvalue weighted by Gasteiger charge is 2.43. The third-order valence-corrected chi connectivity index (χ3v) is 5.50. The molecule has 1 fully saturated rings. The summed E-state index contributed by atoms with van der Waals surface area (Å²) in [5.74, 6) is -3.25. The normalized spacial score (nSPS) is 22.0. The van der Waals surface area contributed by atoms with Crippen LogP contribution in [0.3, 0.4) is 0 Å². The molecule has 0 saturated heterocycles. The molecule has 1 aromatic heterocycles. The van der Waals surface area contributed by atoms with E-state index in [0.29, 0.717) is 23.4 Å². The number of carbonyl (C=O) groups excluding carboxylic acids is 2. The summed E-state index contributed by atoms with van der Waals surface area (Å²) in [6.45, 7) is 3.52. The van der Waals surface area contributed by atoms with Gasteiger partial charge in [-0.1, -0.05) is 6.42 Å². The lowest BCUT2D eigenvalue weighted by Gasteiger charge is -2.29. The molecule has 0 spiro atoms. The van der Waals surface area contributed by atoms with Gasteiger partial charge in [0.1, 0.15) is 5.00 Å². The molecule has 4 nitrogen and oxygen atoms in total. The molecule has 128 valence electrons. The summed E-state index contributed by atoms with van der Waals surface area (Å²) in [5, 5.41) is 2.93. The van der Waals surface area contributed by atoms with E-state index in [0.717, 1.165) is 4.88 Å². The molecule has 1 aliphatic rings. The van der Waals surface area contributed by atoms with Gasteiger partial charge in [-0.3, -0.25) is 9.59 Å². The Morgan fingerprint density at radius 1 is 1.26 bits per heavy atom. The standard InChI is InChI=1S/C15H19F3N2O2S/c1-7-8(2)23-14(11(7)12(19)21)20-13(22)9-4-3-5-10(6-9)15(16,17)18/h9-10H,3-6H2,1-2H3,(H2,19,21)(H,20,22). The summed E-state index contributed by atoms with van der Waals surface area (Å²) in [5.41, 5.74) is 6.26. The van der Waals surface area contributed by atoms with Gasteiger partial charge < -0.3 is 11.1 Å². The zero-order valence-corrected chi connectivity index (χ0v) is 13.7. The van der Waals surface area contributed by atoms with Crippen LogP contribution in [-0.4, -0.2) is 18.0 Å². The van der Waals surface area contributed by atoms with E-state index in [4.69, 9.17) is 5.73 Å². The minimum Gasteiger partial charge on any atom is -0.365 e. The van der Waals surface area contributed by atoms with E-state index in [1.807, 2.05) is 0 Å². The van der Waals surface area contributed by atoms with Gasteiger partial charge in [0.25, 0.3) is 5.91 Å². The van der Waals surface area contributed by atoms with Gasteiger partial charge in [0.2, 0.25) is 5.91 Å². The highest BCUT2D eigenvalue weighted by Crippen LogP contribution is 2.41. The Morgan fingerprint density at radius 3 is 2.48 bits per heavy atom. The molecular weight excluding hydrogens is 329 g/mol. The monoisotopic (exact) mass is 348 g/mol. The van der Waals surface area contributed by atoms with Gasteiger partial charge in [-0.2, -0.15) is 13.2 Å². The number of hydrogen-bond donors (Lipinski definition) is 2. The van der Waals surface area contributed by atoms with Crippen LogP contribution in [0.2, 0.25) is 0 Å². The predicted octanol–water partition coefficient (Wildman–Crippen LogP) is 3.77. The zero-order chi connectivity index (χ0) is 17.4. The maximum absolute atomic E-state index is 12.8. The molecule has 2 unspecified atom stereocenters. The van der Waals surface area contributed by atoms with Crippen LogP contribution in [0.25, 0.3) is 0 Å². The van der Waals surface area contributed by atoms with Crippen LogP contribution in [0.4, 0.5) is 18.2 Å². The number of nitrogens with two attached hydrogens (primary N) is 1. The lowest BCUT2D eigenvalue weighted by Crippen LogP contribution is -2.34. The first kappa shape index (κ1) is 17.8. The van der Waals surface area contributed by atoms with Crippen molar-refractivity contribution in [3.8, 4) is 0 Å². The van der Waals surface area contributed by atoms with Crippen molar-refractivity contribution < 1.29 is 22.8 Å². The number of amides is 2. The largest absolute Gasteiger partial charge is 0.391 e. The molecule has 23 heavy (non-hydrogen) atoms. The highest BCUT2D eigenvalue weighted by molar-refractivity contribution is 7.16. The fourth-order valence-corrected chi connectivity index (χ4v) is 4.02. The maximum atomic E-state index is 12.8. The van der Waals surface area contributed by atoms with E-state index in [9.17, 15) is 22.8 Å². The molecule has 1 aromatic rings. The van der Waals surface area contributed by atoms with E-state index in [1.165, 1.54) is 11.3 Å². The van der Waals surface area contributed by atoms with Crippen LogP contribution in [0.15, 0.2) is 0 Å². The third-order valence-electron chi connectivity index (χ3n) is 4.38. The van der Waals surface area contributed by atoms with Crippen molar-refractivity contribution in [1.82, 2.24) is 0 Å². The minimum absolute atomic E-state index is 0.0665. The van der Waals surface area contributed by atoms with Crippen molar-refractivity contribution in [2.45, 2.75) is 45.7 Å². The van der Waals surface area contributed by atoms with Crippen molar-refractivity contribution in [2.24, 2.45) is 17.6 Å². The SMILES string of the molecule is Cc1sc(NC(=O)C2CCCC(C(F)(F)F)C2)c(C(N)=O)c1C. The Morgan fingerprint density at radius 2 is 1.91 bits per heavy atom. The highest BCUT2D eigenvalue weighted by atomic mass is 32.1. The van der Waals surface area contributed by atoms with Crippen LogP contribution in [0.5, 0.6) is 0 Å². The van der Waals surface area contributed by atoms with Crippen LogP contribution >= 0.6 is 11.3 Å². The molecule has 1 aliphatic carbocycles. The molecule has 0 aromatic carbocycles. The van der Waals surface area contributed by atoms with E-state index in [2.05, 4.69) is 5.32 Å². The third kappa shape index (κ3) is 3.85. The van der Waals surface area contributed by atoms with Crippen LogP contribution in [0.1, 0.15) is 46.5 Å². The van der Waals surface area contributed by atoms with Crippen molar-refractivity contribution in [2.75, 3.05) is 5.32 Å². The smallest absolute Gasteiger partial charge is 0.365 e. The Hall–Kier alpha value is -1.57. The summed E-state index contributed by atoms with van der Waals surface area (Å²) in [7, 11) is 0. The number of aryl methyl sites for hydroxylation is 1. The Bertz CT molecular complexity index is 625. The van der Waals surface area contributed by atoms with Crippen molar-refractivity contribution in [3.63, 3.8) is 0 Å². The number of halogens is 3. The predicted molar refractivity (Wildman–Crippen MR) is 82.4 cm³/mol. The fourth-order valence-electron chi connectivity index (χ4n) is 2.95. The number of carbonyl (C=O) groups is 2. The van der Waals surface area contributed by atoms with Gasteiger partial charge in [0.05, 0.1) is 11.5 Å². The molecule has 3 N–H and O–H groups in total. The molecule has 1 saturated carbocycles. The van der Waals surface area contributed by atoms with E-state index < -0.39 is 29.8 Å². The lowest BCUT2D eigenvalue weighted by molar-refractivity contribution is -0.185. The van der Waals surface area contributed by atoms with E-state index in [1.54, 1.807) is 13.8 Å². The van der Waals surface area contributed by atoms with Crippen molar-refractivity contribution in [3.05, 3.63) is 16.0 Å². The molecule has 0 radical (unpaired) electrons. The first-order valence-corrected chi connectivity index (χ1v) is 8.20. The van der Waals surface area contributed by atoms with Crippen LogP contribution in [-0.2, 0) is 4.79 Å². The van der Waals surface area contributed by atoms with E-state index >= 15 is 0 Å². The van der Waals surface area contributed by atoms with Gasteiger partial charge >= 0.3 is 6.18 Å². The fraction of sp³-hybridized carbons (Fsp3) is 0.600. The molecule has 2 rings (SSSR count). The van der Waals surface area contributed by atoms with E-state index in [-0.39, 0.29) is 18.4 Å². The summed E-state index contributed by atoms with van der Waals surface area (Å²) in [6, 6.07) is 0. The average Bonchev–Trinajstić information content (AvgIpc) is 2.73. The zero-order valence-electron chi connectivity index (χ0n) is 12.9. The number of rotatable bonds is 3. The molecule has 8 heteroatoms. The Kier molecular flexibility index (Phi) is 5.03. The Labute approximate surface area is 136 Å². The molecule has 0 bridgehead atoms. The topological polar surface area (TPSA) is 72.2 Å². The van der Waals surface area contributed by atoms with Gasteiger partial charge in [0.15, 0.2) is 0 Å². The molecule has 2 amide bonds. The van der Waals surface area contributed by atoms with Gasteiger partial charge in [-0.05, 0) is 38.7 Å². The first-order valence-electron chi connectivity index (χ1n) is 7.38. The summed E-state index contributed by atoms with van der Waals surface area (Å²) >= 11 is 1.21. The van der Waals surface area contributed by atoms with Crippen molar-refractivity contribution >= 4 is 28.2 Å². The Balaban J connectivity index is 2.14. The summed E-state index contributed by atoms with van der Waals surface area (Å²) in [4.78, 5) is 24.7. The second-order valence-electron chi connectivity index (χ2n) is 5.94. The molecule has 2 atom stereocenters. The second-order valence-corrected chi connectivity index (χ2v) is 7.17. The lowest BCUT2D eigenvalue weighted by atomic mass is 9.80. The number of thiophene rings is 1. The summed E-state index contributed by atoms with van der Waals surface area (Å²) < 4.78 is 38.5. The van der Waals surface area contributed by atoms with Crippen molar-refractivity contribution in [1.29, 1.82) is 0 Å². The first-order chi connectivity index (χ1) is 10.6. The molecular formula is C15H19F3N2O2S.